The van der Waals surface area contributed by atoms with E-state index in [0.717, 1.165) is 28.7 Å². The van der Waals surface area contributed by atoms with Gasteiger partial charge in [-0.2, -0.15) is 0 Å². The van der Waals surface area contributed by atoms with Crippen molar-refractivity contribution in [3.63, 3.8) is 0 Å². The largest absolute Gasteiger partial charge is 0.498 e. The normalized spacial score (nSPS) is 23.0. The molecular formula is C25H28N2O4. The van der Waals surface area contributed by atoms with E-state index in [0.29, 0.717) is 18.7 Å². The van der Waals surface area contributed by atoms with Crippen LogP contribution in [0.2, 0.25) is 0 Å². The van der Waals surface area contributed by atoms with Gasteiger partial charge in [-0.15, -0.1) is 0 Å². The maximum atomic E-state index is 13.6. The molecule has 0 saturated carbocycles. The maximum Gasteiger partial charge on any atom is 0.242 e. The van der Waals surface area contributed by atoms with Crippen LogP contribution in [0.1, 0.15) is 30.1 Å². The van der Waals surface area contributed by atoms with E-state index in [1.165, 1.54) is 0 Å². The maximum absolute atomic E-state index is 13.6. The molecule has 162 valence electrons. The first kappa shape index (κ1) is 21.3. The van der Waals surface area contributed by atoms with Crippen LogP contribution in [0.25, 0.3) is 16.6 Å². The van der Waals surface area contributed by atoms with Crippen LogP contribution in [0.15, 0.2) is 66.7 Å². The van der Waals surface area contributed by atoms with E-state index in [1.54, 1.807) is 25.0 Å². The molecule has 2 aromatic heterocycles. The average molecular weight is 421 g/mol. The minimum Gasteiger partial charge on any atom is -0.498 e. The Balaban J connectivity index is 1.73. The molecule has 6 heteroatoms. The fraction of sp³-hybridized carbons (Fsp3) is 0.360. The molecule has 6 nitrogen and oxygen atoms in total. The summed E-state index contributed by atoms with van der Waals surface area (Å²) < 4.78 is 18.6. The number of methoxy groups -OCH3 is 2. The van der Waals surface area contributed by atoms with Gasteiger partial charge >= 0.3 is 0 Å². The molecule has 0 aromatic carbocycles. The summed E-state index contributed by atoms with van der Waals surface area (Å²) in [7, 11) is 3.32. The van der Waals surface area contributed by atoms with E-state index in [9.17, 15) is 4.79 Å². The van der Waals surface area contributed by atoms with Gasteiger partial charge in [0.15, 0.2) is 0 Å². The molecule has 0 aliphatic heterocycles. The number of allylic oxidation sites excluding steroid dienone is 4. The SMILES string of the molecule is CCCOC1C=CC=CC1C(=O)n1cc(C2=CCC(OC)C(OC)=C2)c2cccnc21. The monoisotopic (exact) mass is 420 g/mol. The molecule has 0 radical (unpaired) electrons. The number of fused-ring (bicyclic) bond motifs is 1. The summed E-state index contributed by atoms with van der Waals surface area (Å²) in [5.74, 6) is 0.313. The lowest BCUT2D eigenvalue weighted by Gasteiger charge is -2.23. The third-order valence-electron chi connectivity index (χ3n) is 5.68. The zero-order chi connectivity index (χ0) is 21.8. The lowest BCUT2D eigenvalue weighted by molar-refractivity contribution is 0.0449. The number of hydrogen-bond acceptors (Lipinski definition) is 5. The molecule has 2 aliphatic carbocycles. The zero-order valence-corrected chi connectivity index (χ0v) is 18.2. The van der Waals surface area contributed by atoms with Crippen LogP contribution in [0.3, 0.4) is 0 Å². The summed E-state index contributed by atoms with van der Waals surface area (Å²) in [6, 6.07) is 3.88. The minimum absolute atomic E-state index is 0.0567. The highest BCUT2D eigenvalue weighted by molar-refractivity contribution is 6.00. The van der Waals surface area contributed by atoms with E-state index in [4.69, 9.17) is 14.2 Å². The molecule has 0 saturated heterocycles. The summed E-state index contributed by atoms with van der Waals surface area (Å²) in [6.45, 7) is 2.67. The van der Waals surface area contributed by atoms with Crippen LogP contribution in [-0.2, 0) is 14.2 Å². The molecule has 2 aliphatic rings. The van der Waals surface area contributed by atoms with Crippen molar-refractivity contribution < 1.29 is 19.0 Å². The Labute approximate surface area is 182 Å². The molecule has 2 heterocycles. The second-order valence-electron chi connectivity index (χ2n) is 7.63. The van der Waals surface area contributed by atoms with Crippen molar-refractivity contribution in [2.24, 2.45) is 5.92 Å². The van der Waals surface area contributed by atoms with Crippen LogP contribution in [0.5, 0.6) is 0 Å². The lowest BCUT2D eigenvalue weighted by atomic mass is 9.96. The lowest BCUT2D eigenvalue weighted by Crippen LogP contribution is -2.32. The summed E-state index contributed by atoms with van der Waals surface area (Å²) in [5.41, 5.74) is 2.58. The number of pyridine rings is 1. The van der Waals surface area contributed by atoms with E-state index >= 15 is 0 Å². The van der Waals surface area contributed by atoms with E-state index in [-0.39, 0.29) is 18.1 Å². The van der Waals surface area contributed by atoms with Crippen molar-refractivity contribution in [1.82, 2.24) is 9.55 Å². The van der Waals surface area contributed by atoms with Crippen LogP contribution in [0, 0.1) is 5.92 Å². The Bertz CT molecular complexity index is 1080. The summed E-state index contributed by atoms with van der Waals surface area (Å²) in [6.07, 6.45) is 16.6. The van der Waals surface area contributed by atoms with Gasteiger partial charge in [0.25, 0.3) is 0 Å². The van der Waals surface area contributed by atoms with E-state index < -0.39 is 5.92 Å². The zero-order valence-electron chi connectivity index (χ0n) is 18.2. The van der Waals surface area contributed by atoms with Crippen molar-refractivity contribution in [3.05, 3.63) is 72.3 Å². The molecule has 31 heavy (non-hydrogen) atoms. The first-order valence-electron chi connectivity index (χ1n) is 10.6. The van der Waals surface area contributed by atoms with Gasteiger partial charge in [0, 0.05) is 37.1 Å². The fourth-order valence-electron chi connectivity index (χ4n) is 4.09. The Hall–Kier alpha value is -2.96. The second kappa shape index (κ2) is 9.45. The van der Waals surface area contributed by atoms with Crippen molar-refractivity contribution in [2.45, 2.75) is 32.0 Å². The Morgan fingerprint density at radius 3 is 2.87 bits per heavy atom. The highest BCUT2D eigenvalue weighted by Crippen LogP contribution is 2.33. The summed E-state index contributed by atoms with van der Waals surface area (Å²) in [5, 5.41) is 0.922. The first-order valence-corrected chi connectivity index (χ1v) is 10.6. The van der Waals surface area contributed by atoms with Gasteiger partial charge in [-0.1, -0.05) is 37.3 Å². The number of ether oxygens (including phenoxy) is 3. The van der Waals surface area contributed by atoms with Gasteiger partial charge in [0.1, 0.15) is 17.5 Å². The smallest absolute Gasteiger partial charge is 0.242 e. The summed E-state index contributed by atoms with van der Waals surface area (Å²) >= 11 is 0. The number of carbonyl (C=O) groups excluding carboxylic acids is 1. The molecule has 0 bridgehead atoms. The number of nitrogens with zero attached hydrogens (tertiary/aromatic N) is 2. The fourth-order valence-corrected chi connectivity index (χ4v) is 4.09. The van der Waals surface area contributed by atoms with Gasteiger partial charge in [0.05, 0.1) is 19.1 Å². The Kier molecular flexibility index (Phi) is 6.49. The van der Waals surface area contributed by atoms with Gasteiger partial charge < -0.3 is 14.2 Å². The molecule has 3 unspecified atom stereocenters. The highest BCUT2D eigenvalue weighted by atomic mass is 16.5. The van der Waals surface area contributed by atoms with Gasteiger partial charge in [-0.05, 0) is 36.6 Å². The Morgan fingerprint density at radius 1 is 1.26 bits per heavy atom. The van der Waals surface area contributed by atoms with Crippen molar-refractivity contribution >= 4 is 22.5 Å². The molecular weight excluding hydrogens is 392 g/mol. The number of carbonyl (C=O) groups is 1. The molecule has 3 atom stereocenters. The summed E-state index contributed by atoms with van der Waals surface area (Å²) in [4.78, 5) is 18.1. The van der Waals surface area contributed by atoms with Crippen LogP contribution >= 0.6 is 0 Å². The van der Waals surface area contributed by atoms with Crippen molar-refractivity contribution in [3.8, 4) is 0 Å². The topological polar surface area (TPSA) is 62.6 Å². The molecule has 4 rings (SSSR count). The van der Waals surface area contributed by atoms with Gasteiger partial charge in [-0.25, -0.2) is 4.98 Å². The number of rotatable bonds is 7. The Morgan fingerprint density at radius 2 is 2.10 bits per heavy atom. The molecule has 0 N–H and O–H groups in total. The quantitative estimate of drug-likeness (QED) is 0.658. The third-order valence-corrected chi connectivity index (χ3v) is 5.68. The van der Waals surface area contributed by atoms with Crippen LogP contribution < -0.4 is 0 Å². The third kappa shape index (κ3) is 4.13. The molecule has 2 aromatic rings. The number of hydrogen-bond donors (Lipinski definition) is 0. The molecule has 0 spiro atoms. The predicted molar refractivity (Wildman–Crippen MR) is 121 cm³/mol. The van der Waals surface area contributed by atoms with Crippen LogP contribution in [-0.4, -0.2) is 48.5 Å². The van der Waals surface area contributed by atoms with Gasteiger partial charge in [-0.3, -0.25) is 9.36 Å². The standard InChI is InChI=1S/C25H28N2O4/c1-4-14-31-21-10-6-5-8-19(21)25(28)27-16-20(18-9-7-13-26-24(18)27)17-11-12-22(29-2)23(15-17)30-3/h5-11,13,15-16,19,21-22H,4,12,14H2,1-3H3. The average Bonchev–Trinajstić information content (AvgIpc) is 3.21. The predicted octanol–water partition coefficient (Wildman–Crippen LogP) is 4.55. The highest BCUT2D eigenvalue weighted by Gasteiger charge is 2.30. The van der Waals surface area contributed by atoms with E-state index in [1.807, 2.05) is 48.7 Å². The van der Waals surface area contributed by atoms with Crippen molar-refractivity contribution in [2.75, 3.05) is 20.8 Å². The molecule has 0 fully saturated rings. The van der Waals surface area contributed by atoms with Crippen LogP contribution in [0.4, 0.5) is 0 Å². The minimum atomic E-state index is -0.398. The van der Waals surface area contributed by atoms with E-state index in [2.05, 4.69) is 18.0 Å². The first-order chi connectivity index (χ1) is 15.2. The van der Waals surface area contributed by atoms with Gasteiger partial charge in [0.2, 0.25) is 5.91 Å². The molecule has 0 amide bonds. The van der Waals surface area contributed by atoms with Crippen molar-refractivity contribution in [1.29, 1.82) is 0 Å². The second-order valence-corrected chi connectivity index (χ2v) is 7.63. The number of aromatic nitrogens is 2.